The average molecular weight is 262 g/mol. The van der Waals surface area contributed by atoms with E-state index in [1.54, 1.807) is 24.5 Å². The molecule has 6 nitrogen and oxygen atoms in total. The first kappa shape index (κ1) is 13.4. The predicted octanol–water partition coefficient (Wildman–Crippen LogP) is 1.56. The van der Waals surface area contributed by atoms with Gasteiger partial charge in [-0.15, -0.1) is 10.2 Å². The standard InChI is InChI=1S/C13H18N4O2/c1-3-17-8-15-16-12(17)7-14-9(2)13-10(18)5-4-6-11(13)19/h4-6,8-9,14,18-19H,3,7H2,1-2H3. The van der Waals surface area contributed by atoms with Crippen LogP contribution in [0.15, 0.2) is 24.5 Å². The molecule has 0 radical (unpaired) electrons. The zero-order valence-electron chi connectivity index (χ0n) is 11.0. The van der Waals surface area contributed by atoms with Crippen LogP contribution in [-0.4, -0.2) is 25.0 Å². The van der Waals surface area contributed by atoms with Crippen molar-refractivity contribution in [3.05, 3.63) is 35.9 Å². The maximum absolute atomic E-state index is 9.79. The van der Waals surface area contributed by atoms with Crippen LogP contribution in [0.3, 0.4) is 0 Å². The highest BCUT2D eigenvalue weighted by molar-refractivity contribution is 5.44. The fraction of sp³-hybridized carbons (Fsp3) is 0.385. The SMILES string of the molecule is CCn1cnnc1CNC(C)c1c(O)cccc1O. The quantitative estimate of drug-likeness (QED) is 0.761. The minimum Gasteiger partial charge on any atom is -0.507 e. The average Bonchev–Trinajstić information content (AvgIpc) is 2.83. The van der Waals surface area contributed by atoms with E-state index < -0.39 is 0 Å². The Morgan fingerprint density at radius 1 is 1.32 bits per heavy atom. The predicted molar refractivity (Wildman–Crippen MR) is 70.7 cm³/mol. The van der Waals surface area contributed by atoms with E-state index in [4.69, 9.17) is 0 Å². The van der Waals surface area contributed by atoms with Crippen LogP contribution < -0.4 is 5.32 Å². The van der Waals surface area contributed by atoms with E-state index in [1.165, 1.54) is 0 Å². The van der Waals surface area contributed by atoms with E-state index in [-0.39, 0.29) is 17.5 Å². The Bertz CT molecular complexity index is 533. The molecule has 1 atom stereocenters. The molecular weight excluding hydrogens is 244 g/mol. The molecule has 0 fully saturated rings. The smallest absolute Gasteiger partial charge is 0.146 e. The molecule has 19 heavy (non-hydrogen) atoms. The van der Waals surface area contributed by atoms with Crippen molar-refractivity contribution in [3.8, 4) is 11.5 Å². The van der Waals surface area contributed by atoms with Crippen molar-refractivity contribution >= 4 is 0 Å². The van der Waals surface area contributed by atoms with Crippen LogP contribution in [0.2, 0.25) is 0 Å². The van der Waals surface area contributed by atoms with Gasteiger partial charge in [-0.2, -0.15) is 0 Å². The molecule has 2 rings (SSSR count). The summed E-state index contributed by atoms with van der Waals surface area (Å²) in [6, 6.07) is 4.53. The molecule has 1 unspecified atom stereocenters. The fourth-order valence-electron chi connectivity index (χ4n) is 2.01. The molecule has 1 heterocycles. The monoisotopic (exact) mass is 262 g/mol. The Morgan fingerprint density at radius 2 is 2.00 bits per heavy atom. The van der Waals surface area contributed by atoms with Crippen molar-refractivity contribution in [2.24, 2.45) is 0 Å². The lowest BCUT2D eigenvalue weighted by molar-refractivity contribution is 0.416. The van der Waals surface area contributed by atoms with Gasteiger partial charge in [0.25, 0.3) is 0 Å². The van der Waals surface area contributed by atoms with Gasteiger partial charge in [0.15, 0.2) is 0 Å². The van der Waals surface area contributed by atoms with Gasteiger partial charge in [0, 0.05) is 12.6 Å². The number of phenolic OH excluding ortho intramolecular Hbond substituents is 2. The van der Waals surface area contributed by atoms with Crippen molar-refractivity contribution in [3.63, 3.8) is 0 Å². The van der Waals surface area contributed by atoms with E-state index >= 15 is 0 Å². The van der Waals surface area contributed by atoms with Gasteiger partial charge in [-0.05, 0) is 26.0 Å². The van der Waals surface area contributed by atoms with Crippen molar-refractivity contribution in [1.82, 2.24) is 20.1 Å². The molecule has 0 aliphatic carbocycles. The number of hydrogen-bond donors (Lipinski definition) is 3. The zero-order valence-corrected chi connectivity index (χ0v) is 11.0. The number of hydrogen-bond acceptors (Lipinski definition) is 5. The molecule has 0 spiro atoms. The highest BCUT2D eigenvalue weighted by atomic mass is 16.3. The second-order valence-corrected chi connectivity index (χ2v) is 4.35. The Balaban J connectivity index is 2.08. The van der Waals surface area contributed by atoms with Gasteiger partial charge in [-0.3, -0.25) is 0 Å². The summed E-state index contributed by atoms with van der Waals surface area (Å²) in [6.45, 7) is 5.22. The zero-order chi connectivity index (χ0) is 13.8. The maximum atomic E-state index is 9.79. The van der Waals surface area contributed by atoms with E-state index in [0.717, 1.165) is 12.4 Å². The number of nitrogens with zero attached hydrogens (tertiary/aromatic N) is 3. The lowest BCUT2D eigenvalue weighted by Gasteiger charge is -2.16. The van der Waals surface area contributed by atoms with Crippen molar-refractivity contribution in [1.29, 1.82) is 0 Å². The summed E-state index contributed by atoms with van der Waals surface area (Å²) in [6.07, 6.45) is 1.68. The first-order valence-electron chi connectivity index (χ1n) is 6.24. The third-order valence-electron chi connectivity index (χ3n) is 3.10. The number of benzene rings is 1. The molecule has 0 amide bonds. The van der Waals surface area contributed by atoms with Crippen LogP contribution in [0.4, 0.5) is 0 Å². The number of nitrogens with one attached hydrogen (secondary N) is 1. The van der Waals surface area contributed by atoms with Crippen LogP contribution in [0.1, 0.15) is 31.3 Å². The molecule has 1 aromatic carbocycles. The highest BCUT2D eigenvalue weighted by Gasteiger charge is 2.15. The van der Waals surface area contributed by atoms with Crippen LogP contribution >= 0.6 is 0 Å². The minimum atomic E-state index is -0.191. The Labute approximate surface area is 111 Å². The van der Waals surface area contributed by atoms with Crippen LogP contribution in [0.5, 0.6) is 11.5 Å². The van der Waals surface area contributed by atoms with Gasteiger partial charge in [0.1, 0.15) is 23.7 Å². The molecule has 0 aliphatic heterocycles. The first-order valence-corrected chi connectivity index (χ1v) is 6.24. The van der Waals surface area contributed by atoms with E-state index in [9.17, 15) is 10.2 Å². The van der Waals surface area contributed by atoms with Crippen LogP contribution in [0, 0.1) is 0 Å². The van der Waals surface area contributed by atoms with Gasteiger partial charge in [0.05, 0.1) is 12.1 Å². The summed E-state index contributed by atoms with van der Waals surface area (Å²) >= 11 is 0. The number of aryl methyl sites for hydroxylation is 1. The van der Waals surface area contributed by atoms with Gasteiger partial charge < -0.3 is 20.1 Å². The summed E-state index contributed by atoms with van der Waals surface area (Å²) in [5, 5.41) is 30.7. The van der Waals surface area contributed by atoms with Gasteiger partial charge in [-0.1, -0.05) is 6.07 Å². The molecule has 2 aromatic rings. The molecule has 0 saturated carbocycles. The number of phenols is 2. The lowest BCUT2D eigenvalue weighted by Crippen LogP contribution is -2.20. The molecule has 0 bridgehead atoms. The second-order valence-electron chi connectivity index (χ2n) is 4.35. The maximum Gasteiger partial charge on any atom is 0.146 e. The van der Waals surface area contributed by atoms with E-state index in [0.29, 0.717) is 12.1 Å². The number of aromatic hydroxyl groups is 2. The summed E-state index contributed by atoms with van der Waals surface area (Å²) < 4.78 is 1.93. The molecule has 0 saturated heterocycles. The largest absolute Gasteiger partial charge is 0.507 e. The first-order chi connectivity index (χ1) is 9.13. The topological polar surface area (TPSA) is 83.2 Å². The normalized spacial score (nSPS) is 12.5. The molecule has 1 aromatic heterocycles. The van der Waals surface area contributed by atoms with Gasteiger partial charge in [0.2, 0.25) is 0 Å². The van der Waals surface area contributed by atoms with E-state index in [1.807, 2.05) is 18.4 Å². The summed E-state index contributed by atoms with van der Waals surface area (Å²) in [4.78, 5) is 0. The third-order valence-corrected chi connectivity index (χ3v) is 3.10. The summed E-state index contributed by atoms with van der Waals surface area (Å²) in [5.74, 6) is 0.984. The molecule has 6 heteroatoms. The lowest BCUT2D eigenvalue weighted by atomic mass is 10.1. The molecule has 3 N–H and O–H groups in total. The summed E-state index contributed by atoms with van der Waals surface area (Å²) in [5.41, 5.74) is 0.491. The highest BCUT2D eigenvalue weighted by Crippen LogP contribution is 2.32. The van der Waals surface area contributed by atoms with Gasteiger partial charge >= 0.3 is 0 Å². The van der Waals surface area contributed by atoms with Crippen LogP contribution in [0.25, 0.3) is 0 Å². The third kappa shape index (κ3) is 2.85. The molecule has 0 aliphatic rings. The Kier molecular flexibility index (Phi) is 4.01. The second kappa shape index (κ2) is 5.71. The molecule has 102 valence electrons. The number of rotatable bonds is 5. The minimum absolute atomic E-state index is 0.0805. The van der Waals surface area contributed by atoms with Crippen molar-refractivity contribution in [2.75, 3.05) is 0 Å². The van der Waals surface area contributed by atoms with Crippen molar-refractivity contribution in [2.45, 2.75) is 33.0 Å². The Morgan fingerprint density at radius 3 is 2.63 bits per heavy atom. The summed E-state index contributed by atoms with van der Waals surface area (Å²) in [7, 11) is 0. The fourth-order valence-corrected chi connectivity index (χ4v) is 2.01. The van der Waals surface area contributed by atoms with Crippen LogP contribution in [-0.2, 0) is 13.1 Å². The Hall–Kier alpha value is -2.08. The van der Waals surface area contributed by atoms with Crippen molar-refractivity contribution < 1.29 is 10.2 Å². The number of aromatic nitrogens is 3. The molecular formula is C13H18N4O2. The van der Waals surface area contributed by atoms with Gasteiger partial charge in [-0.25, -0.2) is 0 Å². The van der Waals surface area contributed by atoms with E-state index in [2.05, 4.69) is 15.5 Å².